The van der Waals surface area contributed by atoms with E-state index in [4.69, 9.17) is 14.6 Å². The number of carbonyl (C=O) groups excluding carboxylic acids is 1. The molecular weight excluding hydrogens is 224 g/mol. The van der Waals surface area contributed by atoms with Crippen molar-refractivity contribution in [3.63, 3.8) is 0 Å². The van der Waals surface area contributed by atoms with Crippen LogP contribution in [0.1, 0.15) is 12.8 Å². The summed E-state index contributed by atoms with van der Waals surface area (Å²) in [6.07, 6.45) is 2.13. The SMILES string of the molecule is O=C(COC1CCNCC1)NCCOCCO. The van der Waals surface area contributed by atoms with Gasteiger partial charge < -0.3 is 25.2 Å². The van der Waals surface area contributed by atoms with E-state index in [1.165, 1.54) is 0 Å². The van der Waals surface area contributed by atoms with E-state index in [9.17, 15) is 4.79 Å². The van der Waals surface area contributed by atoms with Gasteiger partial charge in [0.15, 0.2) is 0 Å². The Hall–Kier alpha value is -0.690. The summed E-state index contributed by atoms with van der Waals surface area (Å²) >= 11 is 0. The van der Waals surface area contributed by atoms with Crippen molar-refractivity contribution in [1.29, 1.82) is 0 Å². The predicted molar refractivity (Wildman–Crippen MR) is 62.8 cm³/mol. The molecule has 0 aromatic heterocycles. The molecule has 100 valence electrons. The molecule has 0 unspecified atom stereocenters. The molecule has 0 radical (unpaired) electrons. The van der Waals surface area contributed by atoms with Crippen LogP contribution in [-0.2, 0) is 14.3 Å². The summed E-state index contributed by atoms with van der Waals surface area (Å²) in [5.74, 6) is -0.115. The van der Waals surface area contributed by atoms with Crippen molar-refractivity contribution in [2.45, 2.75) is 18.9 Å². The van der Waals surface area contributed by atoms with Crippen LogP contribution in [0.4, 0.5) is 0 Å². The average molecular weight is 246 g/mol. The highest BCUT2D eigenvalue weighted by Gasteiger charge is 2.14. The van der Waals surface area contributed by atoms with Crippen molar-refractivity contribution in [3.8, 4) is 0 Å². The van der Waals surface area contributed by atoms with Gasteiger partial charge in [0.2, 0.25) is 5.91 Å². The van der Waals surface area contributed by atoms with Crippen molar-refractivity contribution in [2.75, 3.05) is 46.1 Å². The topological polar surface area (TPSA) is 79.8 Å². The van der Waals surface area contributed by atoms with Gasteiger partial charge >= 0.3 is 0 Å². The second-order valence-corrected chi connectivity index (χ2v) is 3.95. The zero-order valence-electron chi connectivity index (χ0n) is 10.1. The number of aliphatic hydroxyl groups excluding tert-OH is 1. The molecule has 17 heavy (non-hydrogen) atoms. The van der Waals surface area contributed by atoms with Gasteiger partial charge in [-0.2, -0.15) is 0 Å². The number of nitrogens with one attached hydrogen (secondary N) is 2. The van der Waals surface area contributed by atoms with Crippen molar-refractivity contribution >= 4 is 5.91 Å². The van der Waals surface area contributed by atoms with Gasteiger partial charge in [-0.25, -0.2) is 0 Å². The largest absolute Gasteiger partial charge is 0.394 e. The molecule has 0 spiro atoms. The van der Waals surface area contributed by atoms with Crippen molar-refractivity contribution in [2.24, 2.45) is 0 Å². The first-order valence-electron chi connectivity index (χ1n) is 6.10. The second-order valence-electron chi connectivity index (χ2n) is 3.95. The van der Waals surface area contributed by atoms with Gasteiger partial charge in [0.25, 0.3) is 0 Å². The molecule has 0 aromatic rings. The Morgan fingerprint density at radius 3 is 2.82 bits per heavy atom. The van der Waals surface area contributed by atoms with Crippen LogP contribution in [0.2, 0.25) is 0 Å². The van der Waals surface area contributed by atoms with Crippen LogP contribution in [0, 0.1) is 0 Å². The molecular formula is C11H22N2O4. The Labute approximate surface area is 102 Å². The van der Waals surface area contributed by atoms with Gasteiger partial charge in [0.05, 0.1) is 25.9 Å². The number of ether oxygens (including phenoxy) is 2. The van der Waals surface area contributed by atoms with Crippen LogP contribution in [-0.4, -0.2) is 63.2 Å². The molecule has 1 aliphatic heterocycles. The van der Waals surface area contributed by atoms with Crippen molar-refractivity contribution in [1.82, 2.24) is 10.6 Å². The number of aliphatic hydroxyl groups is 1. The third-order valence-electron chi connectivity index (χ3n) is 2.54. The minimum atomic E-state index is -0.115. The Morgan fingerprint density at radius 1 is 1.35 bits per heavy atom. The number of hydrogen-bond donors (Lipinski definition) is 3. The van der Waals surface area contributed by atoms with Crippen molar-refractivity contribution < 1.29 is 19.4 Å². The molecule has 6 heteroatoms. The second kappa shape index (κ2) is 9.35. The molecule has 1 fully saturated rings. The standard InChI is InChI=1S/C11H22N2O4/c14-6-8-16-7-5-13-11(15)9-17-10-1-3-12-4-2-10/h10,12,14H,1-9H2,(H,13,15). The molecule has 1 aliphatic rings. The first kappa shape index (κ1) is 14.4. The molecule has 6 nitrogen and oxygen atoms in total. The van der Waals surface area contributed by atoms with E-state index in [-0.39, 0.29) is 25.2 Å². The van der Waals surface area contributed by atoms with Crippen LogP contribution in [0.25, 0.3) is 0 Å². The van der Waals surface area contributed by atoms with E-state index in [1.54, 1.807) is 0 Å². The zero-order valence-corrected chi connectivity index (χ0v) is 10.1. The highest BCUT2D eigenvalue weighted by atomic mass is 16.5. The van der Waals surface area contributed by atoms with Crippen LogP contribution in [0.15, 0.2) is 0 Å². The van der Waals surface area contributed by atoms with Crippen molar-refractivity contribution in [3.05, 3.63) is 0 Å². The van der Waals surface area contributed by atoms with E-state index in [0.29, 0.717) is 19.8 Å². The van der Waals surface area contributed by atoms with Crippen LogP contribution < -0.4 is 10.6 Å². The quantitative estimate of drug-likeness (QED) is 0.473. The molecule has 1 amide bonds. The fourth-order valence-electron chi connectivity index (χ4n) is 1.64. The Morgan fingerprint density at radius 2 is 2.12 bits per heavy atom. The van der Waals surface area contributed by atoms with E-state index in [2.05, 4.69) is 10.6 Å². The Balaban J connectivity index is 1.93. The number of piperidine rings is 1. The molecule has 3 N–H and O–H groups in total. The number of hydrogen-bond acceptors (Lipinski definition) is 5. The van der Waals surface area contributed by atoms with Gasteiger partial charge in [0, 0.05) is 6.54 Å². The van der Waals surface area contributed by atoms with Crippen LogP contribution >= 0.6 is 0 Å². The van der Waals surface area contributed by atoms with E-state index in [0.717, 1.165) is 25.9 Å². The lowest BCUT2D eigenvalue weighted by atomic mass is 10.1. The summed E-state index contributed by atoms with van der Waals surface area (Å²) in [5.41, 5.74) is 0. The molecule has 1 saturated heterocycles. The number of amides is 1. The summed E-state index contributed by atoms with van der Waals surface area (Å²) < 4.78 is 10.5. The summed E-state index contributed by atoms with van der Waals surface area (Å²) in [7, 11) is 0. The summed E-state index contributed by atoms with van der Waals surface area (Å²) in [4.78, 5) is 11.4. The Kier molecular flexibility index (Phi) is 7.91. The van der Waals surface area contributed by atoms with Gasteiger partial charge in [-0.1, -0.05) is 0 Å². The molecule has 1 heterocycles. The highest BCUT2D eigenvalue weighted by Crippen LogP contribution is 2.06. The lowest BCUT2D eigenvalue weighted by Gasteiger charge is -2.22. The molecule has 1 rings (SSSR count). The first-order chi connectivity index (χ1) is 8.33. The fraction of sp³-hybridized carbons (Fsp3) is 0.909. The zero-order chi connectivity index (χ0) is 12.3. The minimum Gasteiger partial charge on any atom is -0.394 e. The molecule has 0 bridgehead atoms. The van der Waals surface area contributed by atoms with E-state index in [1.807, 2.05) is 0 Å². The monoisotopic (exact) mass is 246 g/mol. The average Bonchev–Trinajstić information content (AvgIpc) is 2.37. The van der Waals surface area contributed by atoms with Crippen LogP contribution in [0.3, 0.4) is 0 Å². The van der Waals surface area contributed by atoms with Gasteiger partial charge in [-0.05, 0) is 25.9 Å². The maximum absolute atomic E-state index is 11.4. The highest BCUT2D eigenvalue weighted by molar-refractivity contribution is 5.77. The smallest absolute Gasteiger partial charge is 0.246 e. The lowest BCUT2D eigenvalue weighted by molar-refractivity contribution is -0.128. The normalized spacial score (nSPS) is 17.0. The molecule has 0 atom stereocenters. The minimum absolute atomic E-state index is 0.00672. The summed E-state index contributed by atoms with van der Waals surface area (Å²) in [6, 6.07) is 0. The molecule has 0 saturated carbocycles. The lowest BCUT2D eigenvalue weighted by Crippen LogP contribution is -2.36. The third kappa shape index (κ3) is 7.27. The molecule has 0 aromatic carbocycles. The van der Waals surface area contributed by atoms with Gasteiger partial charge in [0.1, 0.15) is 6.61 Å². The number of rotatable bonds is 8. The number of carbonyl (C=O) groups is 1. The van der Waals surface area contributed by atoms with Gasteiger partial charge in [-0.3, -0.25) is 4.79 Å². The van der Waals surface area contributed by atoms with Crippen LogP contribution in [0.5, 0.6) is 0 Å². The van der Waals surface area contributed by atoms with Gasteiger partial charge in [-0.15, -0.1) is 0 Å². The van der Waals surface area contributed by atoms with E-state index >= 15 is 0 Å². The first-order valence-corrected chi connectivity index (χ1v) is 6.10. The predicted octanol–water partition coefficient (Wildman–Crippen LogP) is -1.12. The maximum Gasteiger partial charge on any atom is 0.246 e. The summed E-state index contributed by atoms with van der Waals surface area (Å²) in [6.45, 7) is 3.22. The summed E-state index contributed by atoms with van der Waals surface area (Å²) in [5, 5.41) is 14.4. The maximum atomic E-state index is 11.4. The third-order valence-corrected chi connectivity index (χ3v) is 2.54. The fourth-order valence-corrected chi connectivity index (χ4v) is 1.64. The molecule has 0 aliphatic carbocycles. The Bertz CT molecular complexity index is 208. The van der Waals surface area contributed by atoms with E-state index < -0.39 is 0 Å².